The van der Waals surface area contributed by atoms with E-state index in [9.17, 15) is 9.59 Å². The summed E-state index contributed by atoms with van der Waals surface area (Å²) in [6.07, 6.45) is -0.230. The molecule has 0 bridgehead atoms. The summed E-state index contributed by atoms with van der Waals surface area (Å²) in [5.41, 5.74) is -0.613. The van der Waals surface area contributed by atoms with Crippen molar-refractivity contribution in [3.63, 3.8) is 0 Å². The van der Waals surface area contributed by atoms with Crippen LogP contribution in [0.5, 0.6) is 0 Å². The Morgan fingerprint density at radius 3 is 2.36 bits per heavy atom. The molecule has 0 radical (unpaired) electrons. The van der Waals surface area contributed by atoms with Gasteiger partial charge in [-0.05, 0) is 38.8 Å². The van der Waals surface area contributed by atoms with Gasteiger partial charge < -0.3 is 14.8 Å². The van der Waals surface area contributed by atoms with Gasteiger partial charge in [0.25, 0.3) is 0 Å². The van der Waals surface area contributed by atoms with Crippen molar-refractivity contribution in [3.05, 3.63) is 21.9 Å². The number of methoxy groups -OCH3 is 1. The van der Waals surface area contributed by atoms with Crippen molar-refractivity contribution in [3.8, 4) is 0 Å². The molecule has 0 aromatic carbocycles. The fraction of sp³-hybridized carbons (Fsp3) is 0.625. The topological polar surface area (TPSA) is 64.6 Å². The number of carbonyl (C=O) groups excluding carboxylic acids is 2. The third-order valence-corrected chi connectivity index (χ3v) is 4.24. The largest absolute Gasteiger partial charge is 0.467 e. The quantitative estimate of drug-likeness (QED) is 0.841. The van der Waals surface area contributed by atoms with Crippen LogP contribution in [-0.4, -0.2) is 30.8 Å². The molecule has 6 heteroatoms. The molecule has 5 nitrogen and oxygen atoms in total. The monoisotopic (exact) mass is 327 g/mol. The van der Waals surface area contributed by atoms with Crippen molar-refractivity contribution in [2.45, 2.75) is 58.6 Å². The number of ether oxygens (including phenoxy) is 2. The predicted octanol–water partition coefficient (Wildman–Crippen LogP) is 3.48. The van der Waals surface area contributed by atoms with Crippen LogP contribution in [0.3, 0.4) is 0 Å². The maximum absolute atomic E-state index is 11.9. The van der Waals surface area contributed by atoms with E-state index in [1.54, 1.807) is 32.1 Å². The highest BCUT2D eigenvalue weighted by Gasteiger charge is 2.25. The van der Waals surface area contributed by atoms with Gasteiger partial charge in [0.2, 0.25) is 0 Å². The van der Waals surface area contributed by atoms with Crippen LogP contribution in [0.1, 0.15) is 50.3 Å². The zero-order chi connectivity index (χ0) is 16.9. The third-order valence-electron chi connectivity index (χ3n) is 2.83. The first-order valence-corrected chi connectivity index (χ1v) is 8.10. The Balaban J connectivity index is 2.76. The Morgan fingerprint density at radius 2 is 1.91 bits per heavy atom. The number of alkyl carbamates (subject to hydrolysis) is 1. The van der Waals surface area contributed by atoms with Gasteiger partial charge in [0, 0.05) is 16.2 Å². The Bertz CT molecular complexity index is 516. The van der Waals surface area contributed by atoms with Crippen LogP contribution in [0, 0.1) is 0 Å². The number of carbonyl (C=O) groups is 2. The average Bonchev–Trinajstić information content (AvgIpc) is 2.83. The van der Waals surface area contributed by atoms with Crippen molar-refractivity contribution in [2.75, 3.05) is 7.11 Å². The molecule has 0 saturated heterocycles. The summed E-state index contributed by atoms with van der Waals surface area (Å²) >= 11 is 1.64. The first-order chi connectivity index (χ1) is 10.1. The average molecular weight is 327 g/mol. The van der Waals surface area contributed by atoms with E-state index in [0.29, 0.717) is 12.3 Å². The summed E-state index contributed by atoms with van der Waals surface area (Å²) in [7, 11) is 1.31. The molecule has 0 spiro atoms. The van der Waals surface area contributed by atoms with E-state index < -0.39 is 23.7 Å². The lowest BCUT2D eigenvalue weighted by Gasteiger charge is -2.22. The van der Waals surface area contributed by atoms with Crippen LogP contribution in [0.2, 0.25) is 0 Å². The minimum atomic E-state index is -0.751. The molecule has 1 unspecified atom stereocenters. The highest BCUT2D eigenvalue weighted by Crippen LogP contribution is 2.25. The van der Waals surface area contributed by atoms with Crippen molar-refractivity contribution < 1.29 is 19.1 Å². The molecule has 0 aliphatic rings. The van der Waals surface area contributed by atoms with E-state index >= 15 is 0 Å². The van der Waals surface area contributed by atoms with E-state index in [1.807, 2.05) is 12.1 Å². The molecule has 1 N–H and O–H groups in total. The summed E-state index contributed by atoms with van der Waals surface area (Å²) < 4.78 is 9.95. The van der Waals surface area contributed by atoms with Gasteiger partial charge >= 0.3 is 12.1 Å². The summed E-state index contributed by atoms with van der Waals surface area (Å²) in [4.78, 5) is 26.0. The minimum Gasteiger partial charge on any atom is -0.467 e. The van der Waals surface area contributed by atoms with E-state index in [1.165, 1.54) is 12.0 Å². The summed E-state index contributed by atoms with van der Waals surface area (Å²) in [5, 5.41) is 2.58. The van der Waals surface area contributed by atoms with Crippen molar-refractivity contribution in [1.82, 2.24) is 5.32 Å². The Morgan fingerprint density at radius 1 is 1.27 bits per heavy atom. The Labute approximate surface area is 136 Å². The molecule has 0 fully saturated rings. The second kappa shape index (κ2) is 7.63. The number of thiophene rings is 1. The highest BCUT2D eigenvalue weighted by atomic mass is 32.1. The van der Waals surface area contributed by atoms with Gasteiger partial charge in [0.15, 0.2) is 0 Å². The smallest absolute Gasteiger partial charge is 0.408 e. The third kappa shape index (κ3) is 6.05. The molecule has 0 aliphatic heterocycles. The minimum absolute atomic E-state index is 0.392. The molecule has 1 rings (SSSR count). The molecule has 1 aromatic heterocycles. The highest BCUT2D eigenvalue weighted by molar-refractivity contribution is 7.12. The molecule has 0 aliphatic carbocycles. The number of rotatable bonds is 5. The Kier molecular flexibility index (Phi) is 6.41. The normalized spacial score (nSPS) is 12.9. The SMILES string of the molecule is COC(=O)C(Cc1ccc(C(C)C)s1)NC(=O)OC(C)(C)C. The van der Waals surface area contributed by atoms with Gasteiger partial charge in [-0.25, -0.2) is 9.59 Å². The second-order valence-electron chi connectivity index (χ2n) is 6.38. The van der Waals surface area contributed by atoms with Gasteiger partial charge in [0.1, 0.15) is 11.6 Å². The number of nitrogens with one attached hydrogen (secondary N) is 1. The van der Waals surface area contributed by atoms with Crippen LogP contribution in [-0.2, 0) is 20.7 Å². The van der Waals surface area contributed by atoms with Crippen LogP contribution >= 0.6 is 11.3 Å². The molecule has 22 heavy (non-hydrogen) atoms. The lowest BCUT2D eigenvalue weighted by atomic mass is 10.1. The van der Waals surface area contributed by atoms with Crippen molar-refractivity contribution in [1.29, 1.82) is 0 Å². The molecular weight excluding hydrogens is 302 g/mol. The van der Waals surface area contributed by atoms with Gasteiger partial charge in [0.05, 0.1) is 7.11 Å². The van der Waals surface area contributed by atoms with E-state index in [-0.39, 0.29) is 0 Å². The van der Waals surface area contributed by atoms with E-state index in [0.717, 1.165) is 4.88 Å². The van der Waals surface area contributed by atoms with Crippen LogP contribution in [0.15, 0.2) is 12.1 Å². The fourth-order valence-corrected chi connectivity index (χ4v) is 2.86. The predicted molar refractivity (Wildman–Crippen MR) is 87.3 cm³/mol. The molecule has 1 heterocycles. The van der Waals surface area contributed by atoms with Gasteiger partial charge in [-0.1, -0.05) is 13.8 Å². The lowest BCUT2D eigenvalue weighted by Crippen LogP contribution is -2.45. The van der Waals surface area contributed by atoms with Gasteiger partial charge in [-0.2, -0.15) is 0 Å². The second-order valence-corrected chi connectivity index (χ2v) is 7.58. The van der Waals surface area contributed by atoms with Gasteiger partial charge in [-0.3, -0.25) is 0 Å². The number of amides is 1. The molecule has 1 aromatic rings. The maximum Gasteiger partial charge on any atom is 0.408 e. The first kappa shape index (κ1) is 18.5. The number of esters is 1. The summed E-state index contributed by atoms with van der Waals surface area (Å²) in [5.74, 6) is -0.0421. The zero-order valence-corrected chi connectivity index (χ0v) is 14.9. The van der Waals surface area contributed by atoms with Crippen LogP contribution < -0.4 is 5.32 Å². The fourth-order valence-electron chi connectivity index (χ4n) is 1.80. The van der Waals surface area contributed by atoms with Crippen molar-refractivity contribution >= 4 is 23.4 Å². The molecule has 1 amide bonds. The molecule has 0 saturated carbocycles. The first-order valence-electron chi connectivity index (χ1n) is 7.28. The lowest BCUT2D eigenvalue weighted by molar-refractivity contribution is -0.143. The van der Waals surface area contributed by atoms with Crippen LogP contribution in [0.4, 0.5) is 4.79 Å². The standard InChI is InChI=1S/C16H25NO4S/c1-10(2)13-8-7-11(22-13)9-12(14(18)20-6)17-15(19)21-16(3,4)5/h7-8,10,12H,9H2,1-6H3,(H,17,19). The van der Waals surface area contributed by atoms with E-state index in [4.69, 9.17) is 9.47 Å². The Hall–Kier alpha value is -1.56. The molecular formula is C16H25NO4S. The van der Waals surface area contributed by atoms with E-state index in [2.05, 4.69) is 19.2 Å². The summed E-state index contributed by atoms with van der Waals surface area (Å²) in [6.45, 7) is 9.55. The van der Waals surface area contributed by atoms with Gasteiger partial charge in [-0.15, -0.1) is 11.3 Å². The summed E-state index contributed by atoms with van der Waals surface area (Å²) in [6, 6.07) is 3.28. The van der Waals surface area contributed by atoms with Crippen LogP contribution in [0.25, 0.3) is 0 Å². The number of hydrogen-bond acceptors (Lipinski definition) is 5. The molecule has 1 atom stereocenters. The molecule has 124 valence electrons. The number of hydrogen-bond donors (Lipinski definition) is 1. The van der Waals surface area contributed by atoms with Crippen molar-refractivity contribution in [2.24, 2.45) is 0 Å². The maximum atomic E-state index is 11.9. The zero-order valence-electron chi connectivity index (χ0n) is 14.1.